The smallest absolute Gasteiger partial charge is 0.233 e. The fourth-order valence-electron chi connectivity index (χ4n) is 1.98. The lowest BCUT2D eigenvalue weighted by Gasteiger charge is -2.11. The van der Waals surface area contributed by atoms with Crippen LogP contribution >= 0.6 is 11.8 Å². The molecule has 1 aromatic carbocycles. The highest BCUT2D eigenvalue weighted by Crippen LogP contribution is 2.24. The average Bonchev–Trinajstić information content (AvgIpc) is 2.87. The molecule has 7 heteroatoms. The average molecular weight is 305 g/mol. The topological polar surface area (TPSA) is 72.7 Å². The number of hydrogen-bond donors (Lipinski definition) is 1. The molecule has 1 heterocycles. The van der Waals surface area contributed by atoms with E-state index in [2.05, 4.69) is 26.9 Å². The molecule has 0 bridgehead atoms. The summed E-state index contributed by atoms with van der Waals surface area (Å²) in [5.74, 6) is -0.0160. The van der Waals surface area contributed by atoms with E-state index in [1.807, 2.05) is 39.8 Å². The van der Waals surface area contributed by atoms with E-state index in [9.17, 15) is 4.79 Å². The molecule has 0 saturated carbocycles. The highest BCUT2D eigenvalue weighted by atomic mass is 32.2. The first-order valence-corrected chi connectivity index (χ1v) is 7.71. The summed E-state index contributed by atoms with van der Waals surface area (Å²) in [6.45, 7) is 8.42. The number of hydrogen-bond acceptors (Lipinski definition) is 5. The standard InChI is InChI=1S/C14H19N5OS/c1-5-15-13(20)11(4)21-14-16-17-18-19(14)12-7-6-9(2)8-10(12)3/h6-8,11H,5H2,1-4H3,(H,15,20)/t11-/m0/s1. The fourth-order valence-corrected chi connectivity index (χ4v) is 2.80. The van der Waals surface area contributed by atoms with Crippen molar-refractivity contribution in [3.05, 3.63) is 29.3 Å². The number of tetrazole rings is 1. The highest BCUT2D eigenvalue weighted by molar-refractivity contribution is 8.00. The number of aryl methyl sites for hydroxylation is 2. The quantitative estimate of drug-likeness (QED) is 0.854. The third-order valence-electron chi connectivity index (χ3n) is 3.02. The lowest BCUT2D eigenvalue weighted by molar-refractivity contribution is -0.120. The molecule has 0 spiro atoms. The molecule has 0 radical (unpaired) electrons. The SMILES string of the molecule is CCNC(=O)[C@H](C)Sc1nnnn1-c1ccc(C)cc1C. The summed E-state index contributed by atoms with van der Waals surface area (Å²) in [5.41, 5.74) is 3.21. The van der Waals surface area contributed by atoms with Crippen molar-refractivity contribution in [3.8, 4) is 5.69 Å². The van der Waals surface area contributed by atoms with E-state index in [4.69, 9.17) is 0 Å². The number of nitrogens with zero attached hydrogens (tertiary/aromatic N) is 4. The van der Waals surface area contributed by atoms with Crippen molar-refractivity contribution in [1.82, 2.24) is 25.5 Å². The minimum absolute atomic E-state index is 0.0160. The zero-order valence-corrected chi connectivity index (χ0v) is 13.4. The molecule has 1 atom stereocenters. The number of benzene rings is 1. The molecule has 2 aromatic rings. The molecule has 0 saturated heterocycles. The molecule has 1 N–H and O–H groups in total. The van der Waals surface area contributed by atoms with E-state index in [0.29, 0.717) is 11.7 Å². The Morgan fingerprint density at radius 2 is 2.19 bits per heavy atom. The van der Waals surface area contributed by atoms with E-state index >= 15 is 0 Å². The first-order valence-electron chi connectivity index (χ1n) is 6.83. The summed E-state index contributed by atoms with van der Waals surface area (Å²) < 4.78 is 1.68. The van der Waals surface area contributed by atoms with E-state index in [1.54, 1.807) is 4.68 Å². The van der Waals surface area contributed by atoms with Gasteiger partial charge in [0.25, 0.3) is 0 Å². The minimum Gasteiger partial charge on any atom is -0.355 e. The Morgan fingerprint density at radius 3 is 2.86 bits per heavy atom. The number of nitrogens with one attached hydrogen (secondary N) is 1. The largest absolute Gasteiger partial charge is 0.355 e. The summed E-state index contributed by atoms with van der Waals surface area (Å²) in [6.07, 6.45) is 0. The molecule has 1 aromatic heterocycles. The van der Waals surface area contributed by atoms with Crippen LogP contribution in [0.25, 0.3) is 5.69 Å². The van der Waals surface area contributed by atoms with E-state index in [1.165, 1.54) is 17.3 Å². The maximum atomic E-state index is 11.8. The second-order valence-electron chi connectivity index (χ2n) is 4.82. The van der Waals surface area contributed by atoms with Gasteiger partial charge in [0.2, 0.25) is 11.1 Å². The van der Waals surface area contributed by atoms with Crippen LogP contribution in [0.1, 0.15) is 25.0 Å². The van der Waals surface area contributed by atoms with Crippen LogP contribution in [0.2, 0.25) is 0 Å². The van der Waals surface area contributed by atoms with Gasteiger partial charge < -0.3 is 5.32 Å². The normalized spacial score (nSPS) is 12.2. The van der Waals surface area contributed by atoms with Gasteiger partial charge in [0.1, 0.15) is 0 Å². The van der Waals surface area contributed by atoms with Gasteiger partial charge in [-0.25, -0.2) is 0 Å². The highest BCUT2D eigenvalue weighted by Gasteiger charge is 2.19. The van der Waals surface area contributed by atoms with Gasteiger partial charge >= 0.3 is 0 Å². The van der Waals surface area contributed by atoms with Crippen LogP contribution < -0.4 is 5.32 Å². The van der Waals surface area contributed by atoms with Crippen LogP contribution in [0, 0.1) is 13.8 Å². The maximum Gasteiger partial charge on any atom is 0.233 e. The Morgan fingerprint density at radius 1 is 1.43 bits per heavy atom. The Balaban J connectivity index is 2.24. The number of carbonyl (C=O) groups excluding carboxylic acids is 1. The molecule has 112 valence electrons. The number of rotatable bonds is 5. The predicted molar refractivity (Wildman–Crippen MR) is 82.6 cm³/mol. The van der Waals surface area contributed by atoms with Crippen LogP contribution in [0.15, 0.2) is 23.4 Å². The monoisotopic (exact) mass is 305 g/mol. The van der Waals surface area contributed by atoms with Crippen molar-refractivity contribution in [2.24, 2.45) is 0 Å². The van der Waals surface area contributed by atoms with Crippen LogP contribution in [-0.4, -0.2) is 37.9 Å². The fraction of sp³-hybridized carbons (Fsp3) is 0.429. The van der Waals surface area contributed by atoms with Gasteiger partial charge in [0.15, 0.2) is 0 Å². The zero-order chi connectivity index (χ0) is 15.4. The molecular formula is C14H19N5OS. The Labute approximate surface area is 128 Å². The van der Waals surface area contributed by atoms with E-state index in [-0.39, 0.29) is 11.2 Å². The van der Waals surface area contributed by atoms with Crippen LogP contribution in [0.3, 0.4) is 0 Å². The summed E-state index contributed by atoms with van der Waals surface area (Å²) >= 11 is 1.35. The summed E-state index contributed by atoms with van der Waals surface area (Å²) in [6, 6.07) is 6.09. The van der Waals surface area contributed by atoms with Crippen molar-refractivity contribution in [3.63, 3.8) is 0 Å². The van der Waals surface area contributed by atoms with Crippen molar-refractivity contribution in [2.75, 3.05) is 6.54 Å². The summed E-state index contributed by atoms with van der Waals surface area (Å²) in [5, 5.41) is 15.0. The Kier molecular flexibility index (Phi) is 4.95. The summed E-state index contributed by atoms with van der Waals surface area (Å²) in [4.78, 5) is 11.8. The van der Waals surface area contributed by atoms with Gasteiger partial charge in [-0.1, -0.05) is 29.5 Å². The minimum atomic E-state index is -0.250. The van der Waals surface area contributed by atoms with Gasteiger partial charge in [-0.2, -0.15) is 4.68 Å². The zero-order valence-electron chi connectivity index (χ0n) is 12.6. The molecular weight excluding hydrogens is 286 g/mol. The van der Waals surface area contributed by atoms with Gasteiger partial charge in [-0.15, -0.1) is 5.10 Å². The molecule has 0 aliphatic heterocycles. The predicted octanol–water partition coefficient (Wildman–Crippen LogP) is 1.90. The number of carbonyl (C=O) groups is 1. The Hall–Kier alpha value is -1.89. The molecule has 2 rings (SSSR count). The maximum absolute atomic E-state index is 11.8. The third kappa shape index (κ3) is 3.60. The van der Waals surface area contributed by atoms with Gasteiger partial charge in [-0.05, 0) is 49.8 Å². The molecule has 0 aliphatic rings. The third-order valence-corrected chi connectivity index (χ3v) is 4.06. The van der Waals surface area contributed by atoms with Gasteiger partial charge in [0.05, 0.1) is 10.9 Å². The lowest BCUT2D eigenvalue weighted by atomic mass is 10.1. The lowest BCUT2D eigenvalue weighted by Crippen LogP contribution is -2.30. The first-order chi connectivity index (χ1) is 10.0. The molecule has 0 fully saturated rings. The molecule has 0 aliphatic carbocycles. The van der Waals surface area contributed by atoms with Crippen LogP contribution in [-0.2, 0) is 4.79 Å². The second kappa shape index (κ2) is 6.71. The number of amides is 1. The molecule has 6 nitrogen and oxygen atoms in total. The van der Waals surface area contributed by atoms with Crippen LogP contribution in [0.5, 0.6) is 0 Å². The molecule has 0 unspecified atom stereocenters. The van der Waals surface area contributed by atoms with Crippen molar-refractivity contribution >= 4 is 17.7 Å². The number of aromatic nitrogens is 4. The van der Waals surface area contributed by atoms with Gasteiger partial charge in [0, 0.05) is 6.54 Å². The molecule has 21 heavy (non-hydrogen) atoms. The van der Waals surface area contributed by atoms with Crippen LogP contribution in [0.4, 0.5) is 0 Å². The summed E-state index contributed by atoms with van der Waals surface area (Å²) in [7, 11) is 0. The van der Waals surface area contributed by atoms with E-state index < -0.39 is 0 Å². The van der Waals surface area contributed by atoms with Crippen molar-refractivity contribution in [2.45, 2.75) is 38.1 Å². The first kappa shape index (κ1) is 15.5. The number of thioether (sulfide) groups is 1. The second-order valence-corrected chi connectivity index (χ2v) is 6.13. The van der Waals surface area contributed by atoms with E-state index in [0.717, 1.165) is 11.3 Å². The Bertz CT molecular complexity index is 640. The van der Waals surface area contributed by atoms with Crippen molar-refractivity contribution < 1.29 is 4.79 Å². The van der Waals surface area contributed by atoms with Crippen molar-refractivity contribution in [1.29, 1.82) is 0 Å². The molecule has 1 amide bonds. The van der Waals surface area contributed by atoms with Gasteiger partial charge in [-0.3, -0.25) is 4.79 Å².